The zero-order valence-corrected chi connectivity index (χ0v) is 17.2. The molecule has 0 aromatic heterocycles. The molecule has 2 aliphatic rings. The first-order valence-corrected chi connectivity index (χ1v) is 9.91. The van der Waals surface area contributed by atoms with Crippen molar-refractivity contribution in [3.8, 4) is 0 Å². The van der Waals surface area contributed by atoms with Crippen molar-refractivity contribution < 1.29 is 23.1 Å². The van der Waals surface area contributed by atoms with Gasteiger partial charge in [-0.15, -0.1) is 0 Å². The van der Waals surface area contributed by atoms with Gasteiger partial charge in [0.15, 0.2) is 0 Å². The van der Waals surface area contributed by atoms with Crippen molar-refractivity contribution in [2.75, 3.05) is 19.6 Å². The molecule has 4 nitrogen and oxygen atoms in total. The largest absolute Gasteiger partial charge is 0.481 e. The number of hydrogen-bond donors (Lipinski definition) is 2. The molecule has 1 aliphatic carbocycles. The van der Waals surface area contributed by atoms with Crippen LogP contribution >= 0.6 is 23.2 Å². The summed E-state index contributed by atoms with van der Waals surface area (Å²) in [6.45, 7) is 3.03. The number of nitrogens with one attached hydrogen (secondary N) is 1. The van der Waals surface area contributed by atoms with Gasteiger partial charge in [0.05, 0.1) is 5.92 Å². The maximum Gasteiger partial charge on any atom is 0.412 e. The van der Waals surface area contributed by atoms with Crippen molar-refractivity contribution in [1.82, 2.24) is 10.2 Å². The average molecular weight is 449 g/mol. The minimum Gasteiger partial charge on any atom is -0.481 e. The van der Waals surface area contributed by atoms with Gasteiger partial charge in [-0.25, -0.2) is 0 Å². The van der Waals surface area contributed by atoms with Gasteiger partial charge < -0.3 is 15.3 Å². The van der Waals surface area contributed by atoms with Gasteiger partial charge >= 0.3 is 12.1 Å². The van der Waals surface area contributed by atoms with Crippen LogP contribution < -0.4 is 5.32 Å². The van der Waals surface area contributed by atoms with E-state index in [2.05, 4.69) is 5.32 Å². The highest BCUT2D eigenvalue weighted by Gasteiger charge is 2.42. The molecule has 9 heteroatoms. The summed E-state index contributed by atoms with van der Waals surface area (Å²) in [4.78, 5) is 12.9. The van der Waals surface area contributed by atoms with Gasteiger partial charge in [-0.3, -0.25) is 4.79 Å². The number of hydrogen-bond acceptors (Lipinski definition) is 3. The molecule has 0 bridgehead atoms. The molecule has 1 unspecified atom stereocenters. The molecule has 1 heterocycles. The molecule has 3 rings (SSSR count). The third kappa shape index (κ3) is 5.27. The second-order valence-corrected chi connectivity index (χ2v) is 8.37. The molecule has 1 fully saturated rings. The van der Waals surface area contributed by atoms with Crippen LogP contribution in [0, 0.1) is 18.8 Å². The van der Waals surface area contributed by atoms with Gasteiger partial charge in [0.25, 0.3) is 0 Å². The predicted molar refractivity (Wildman–Crippen MR) is 106 cm³/mol. The first-order chi connectivity index (χ1) is 13.5. The van der Waals surface area contributed by atoms with Gasteiger partial charge in [-0.2, -0.15) is 13.2 Å². The second kappa shape index (κ2) is 8.58. The Labute approximate surface area is 177 Å². The average Bonchev–Trinajstić information content (AvgIpc) is 2.59. The molecule has 2 N–H and O–H groups in total. The third-order valence-corrected chi connectivity index (χ3v) is 6.12. The van der Waals surface area contributed by atoms with Crippen LogP contribution in [-0.2, 0) is 4.79 Å². The maximum absolute atomic E-state index is 13.7. The lowest BCUT2D eigenvalue weighted by molar-refractivity contribution is -0.156. The van der Waals surface area contributed by atoms with Gasteiger partial charge in [0, 0.05) is 41.3 Å². The minimum atomic E-state index is -4.49. The molecule has 1 saturated heterocycles. The zero-order chi connectivity index (χ0) is 21.3. The number of alkyl halides is 3. The predicted octanol–water partition coefficient (Wildman–Crippen LogP) is 4.88. The summed E-state index contributed by atoms with van der Waals surface area (Å²) in [6.07, 6.45) is -1.000. The number of rotatable bonds is 6. The van der Waals surface area contributed by atoms with Gasteiger partial charge in [0.1, 0.15) is 6.04 Å². The fourth-order valence-corrected chi connectivity index (χ4v) is 3.91. The Bertz CT molecular complexity index is 849. The molecule has 0 saturated carbocycles. The van der Waals surface area contributed by atoms with E-state index in [1.165, 1.54) is 18.2 Å². The summed E-state index contributed by atoms with van der Waals surface area (Å²) in [6, 6.07) is 2.40. The van der Waals surface area contributed by atoms with E-state index in [0.29, 0.717) is 47.4 Å². The molecule has 158 valence electrons. The van der Waals surface area contributed by atoms with Gasteiger partial charge in [-0.1, -0.05) is 35.3 Å². The maximum atomic E-state index is 13.7. The molecular weight excluding hydrogens is 428 g/mol. The molecule has 29 heavy (non-hydrogen) atoms. The van der Waals surface area contributed by atoms with Crippen LogP contribution in [0.3, 0.4) is 0 Å². The van der Waals surface area contributed by atoms with E-state index in [1.54, 1.807) is 19.1 Å². The van der Waals surface area contributed by atoms with E-state index in [0.717, 1.165) is 0 Å². The standard InChI is InChI=1S/C20H21Cl2F3N2O2/c1-11-6-12(2-4-16(11)21)18(20(23,24)25)26-15-3-5-17(22)13(7-15)8-27-9-14(10-27)19(28)29/h2-6,13-14,18,26H,7-10H2,1H3,(H,28,29)/t13?,18-/m0/s1. The molecule has 0 amide bonds. The van der Waals surface area contributed by atoms with E-state index >= 15 is 0 Å². The van der Waals surface area contributed by atoms with Crippen molar-refractivity contribution in [2.45, 2.75) is 25.6 Å². The number of carbonyl (C=O) groups is 1. The summed E-state index contributed by atoms with van der Waals surface area (Å²) in [5.41, 5.74) is 1.10. The molecule has 1 aromatic rings. The number of carboxylic acid groups (broad SMARTS) is 1. The van der Waals surface area contributed by atoms with Crippen LogP contribution in [0.5, 0.6) is 0 Å². The lowest BCUT2D eigenvalue weighted by Crippen LogP contribution is -2.52. The highest BCUT2D eigenvalue weighted by molar-refractivity contribution is 6.31. The molecule has 0 radical (unpaired) electrons. The SMILES string of the molecule is Cc1cc([C@H](NC2=CC=C(Cl)C(CN3CC(C(=O)O)C3)C2)C(F)(F)F)ccc1Cl. The Balaban J connectivity index is 1.70. The van der Waals surface area contributed by atoms with Crippen molar-refractivity contribution in [3.63, 3.8) is 0 Å². The Morgan fingerprint density at radius 2 is 2.00 bits per heavy atom. The fraction of sp³-hybridized carbons (Fsp3) is 0.450. The Hall–Kier alpha value is -1.70. The molecule has 0 spiro atoms. The van der Waals surface area contributed by atoms with Crippen LogP contribution in [0.1, 0.15) is 23.6 Å². The molecule has 2 atom stereocenters. The van der Waals surface area contributed by atoms with Gasteiger partial charge in [-0.05, 0) is 42.7 Å². The van der Waals surface area contributed by atoms with Crippen molar-refractivity contribution in [1.29, 1.82) is 0 Å². The van der Waals surface area contributed by atoms with Crippen LogP contribution in [0.25, 0.3) is 0 Å². The summed E-state index contributed by atoms with van der Waals surface area (Å²) in [5.74, 6) is -1.41. The highest BCUT2D eigenvalue weighted by Crippen LogP contribution is 2.37. The number of aliphatic carboxylic acids is 1. The Morgan fingerprint density at radius 3 is 2.59 bits per heavy atom. The van der Waals surface area contributed by atoms with E-state index in [-0.39, 0.29) is 11.5 Å². The van der Waals surface area contributed by atoms with Crippen LogP contribution in [-0.4, -0.2) is 41.8 Å². The highest BCUT2D eigenvalue weighted by atomic mass is 35.5. The first kappa shape index (κ1) is 22.0. The van der Waals surface area contributed by atoms with Gasteiger partial charge in [0.2, 0.25) is 0 Å². The normalized spacial score (nSPS) is 21.8. The Kier molecular flexibility index (Phi) is 6.51. The first-order valence-electron chi connectivity index (χ1n) is 9.15. The van der Waals surface area contributed by atoms with E-state index < -0.39 is 24.1 Å². The summed E-state index contributed by atoms with van der Waals surface area (Å²) in [5, 5.41) is 12.6. The summed E-state index contributed by atoms with van der Waals surface area (Å²) >= 11 is 12.2. The third-order valence-electron chi connectivity index (χ3n) is 5.26. The number of aryl methyl sites for hydroxylation is 1. The van der Waals surface area contributed by atoms with E-state index in [1.807, 2.05) is 4.90 Å². The summed E-state index contributed by atoms with van der Waals surface area (Å²) in [7, 11) is 0. The molecular formula is C20H21Cl2F3N2O2. The van der Waals surface area contributed by atoms with E-state index in [4.69, 9.17) is 28.3 Å². The van der Waals surface area contributed by atoms with Crippen molar-refractivity contribution in [3.05, 3.63) is 57.2 Å². The van der Waals surface area contributed by atoms with Crippen LogP contribution in [0.4, 0.5) is 13.2 Å². The number of likely N-dealkylation sites (tertiary alicyclic amines) is 1. The number of nitrogens with zero attached hydrogens (tertiary/aromatic N) is 1. The molecule has 1 aromatic carbocycles. The van der Waals surface area contributed by atoms with Crippen molar-refractivity contribution >= 4 is 29.2 Å². The summed E-state index contributed by atoms with van der Waals surface area (Å²) < 4.78 is 41.2. The smallest absolute Gasteiger partial charge is 0.412 e. The topological polar surface area (TPSA) is 52.6 Å². The molecule has 1 aliphatic heterocycles. The quantitative estimate of drug-likeness (QED) is 0.650. The van der Waals surface area contributed by atoms with Crippen LogP contribution in [0.15, 0.2) is 41.1 Å². The number of halogens is 5. The zero-order valence-electron chi connectivity index (χ0n) is 15.6. The number of allylic oxidation sites excluding steroid dienone is 3. The lowest BCUT2D eigenvalue weighted by Gasteiger charge is -2.39. The van der Waals surface area contributed by atoms with E-state index in [9.17, 15) is 18.0 Å². The number of carboxylic acids is 1. The Morgan fingerprint density at radius 1 is 1.31 bits per heavy atom. The van der Waals surface area contributed by atoms with Crippen LogP contribution in [0.2, 0.25) is 5.02 Å². The number of benzene rings is 1. The minimum absolute atomic E-state index is 0.0875. The second-order valence-electron chi connectivity index (χ2n) is 7.53. The lowest BCUT2D eigenvalue weighted by atomic mass is 9.92. The fourth-order valence-electron chi connectivity index (χ4n) is 3.58. The monoisotopic (exact) mass is 448 g/mol. The van der Waals surface area contributed by atoms with Crippen molar-refractivity contribution in [2.24, 2.45) is 11.8 Å².